The molecule has 1 aromatic carbocycles. The molecule has 2 heteroatoms. The van der Waals surface area contributed by atoms with E-state index in [1.807, 2.05) is 0 Å². The predicted octanol–water partition coefficient (Wildman–Crippen LogP) is 3.24. The summed E-state index contributed by atoms with van der Waals surface area (Å²) in [6, 6.07) is 12.1. The van der Waals surface area contributed by atoms with Gasteiger partial charge < -0.3 is 5.32 Å². The van der Waals surface area contributed by atoms with E-state index < -0.39 is 0 Å². The zero-order valence-corrected chi connectivity index (χ0v) is 13.0. The topological polar surface area (TPSA) is 15.3 Å². The smallest absolute Gasteiger partial charge is 0.0560 e. The minimum atomic E-state index is 0.0980. The molecular formula is C17H28N2. The second-order valence-electron chi connectivity index (χ2n) is 6.62. The van der Waals surface area contributed by atoms with Gasteiger partial charge >= 0.3 is 0 Å². The molecule has 0 amide bonds. The molecule has 0 spiro atoms. The monoisotopic (exact) mass is 260 g/mol. The summed E-state index contributed by atoms with van der Waals surface area (Å²) in [5.41, 5.74) is 1.51. The minimum Gasteiger partial charge on any atom is -0.310 e. The molecule has 1 aliphatic rings. The standard InChI is InChI=1S/C17H28N2/c1-13(2)16-11-19(14(3)4)17(5,12-18-16)15-9-7-6-8-10-15/h6-10,13-14,16,18H,11-12H2,1-5H3. The van der Waals surface area contributed by atoms with Crippen LogP contribution in [0.15, 0.2) is 30.3 Å². The average Bonchev–Trinajstić information content (AvgIpc) is 2.39. The molecule has 1 heterocycles. The van der Waals surface area contributed by atoms with Crippen molar-refractivity contribution in [3.8, 4) is 0 Å². The van der Waals surface area contributed by atoms with Gasteiger partial charge in [0.1, 0.15) is 0 Å². The van der Waals surface area contributed by atoms with Crippen molar-refractivity contribution in [1.82, 2.24) is 10.2 Å². The Hall–Kier alpha value is -0.860. The summed E-state index contributed by atoms with van der Waals surface area (Å²) < 4.78 is 0. The van der Waals surface area contributed by atoms with Gasteiger partial charge in [-0.25, -0.2) is 0 Å². The molecule has 19 heavy (non-hydrogen) atoms. The highest BCUT2D eigenvalue weighted by Gasteiger charge is 2.40. The number of rotatable bonds is 3. The van der Waals surface area contributed by atoms with Gasteiger partial charge in [0.15, 0.2) is 0 Å². The van der Waals surface area contributed by atoms with Crippen LogP contribution in [-0.2, 0) is 5.54 Å². The Bertz CT molecular complexity index is 399. The van der Waals surface area contributed by atoms with Gasteiger partial charge in [-0.05, 0) is 32.3 Å². The third-order valence-corrected chi connectivity index (χ3v) is 4.56. The van der Waals surface area contributed by atoms with Crippen molar-refractivity contribution in [1.29, 1.82) is 0 Å². The molecule has 106 valence electrons. The van der Waals surface area contributed by atoms with E-state index in [-0.39, 0.29) is 5.54 Å². The molecule has 0 aliphatic carbocycles. The van der Waals surface area contributed by atoms with Crippen LogP contribution in [0, 0.1) is 5.92 Å². The first-order chi connectivity index (χ1) is 8.95. The Labute approximate surface area is 118 Å². The fourth-order valence-electron chi connectivity index (χ4n) is 3.20. The molecule has 2 atom stereocenters. The highest BCUT2D eigenvalue weighted by Crippen LogP contribution is 2.33. The number of hydrogen-bond donors (Lipinski definition) is 1. The molecule has 0 radical (unpaired) electrons. The van der Waals surface area contributed by atoms with Gasteiger partial charge in [-0.2, -0.15) is 0 Å². The maximum absolute atomic E-state index is 3.75. The van der Waals surface area contributed by atoms with Crippen LogP contribution in [0.2, 0.25) is 0 Å². The van der Waals surface area contributed by atoms with E-state index in [9.17, 15) is 0 Å². The zero-order chi connectivity index (χ0) is 14.0. The van der Waals surface area contributed by atoms with Crippen LogP contribution >= 0.6 is 0 Å². The first kappa shape index (κ1) is 14.5. The lowest BCUT2D eigenvalue weighted by Gasteiger charge is -2.51. The zero-order valence-electron chi connectivity index (χ0n) is 13.0. The van der Waals surface area contributed by atoms with Crippen molar-refractivity contribution in [3.05, 3.63) is 35.9 Å². The lowest BCUT2D eigenvalue weighted by molar-refractivity contribution is 0.0130. The van der Waals surface area contributed by atoms with E-state index in [1.54, 1.807) is 0 Å². The van der Waals surface area contributed by atoms with Gasteiger partial charge in [-0.3, -0.25) is 4.90 Å². The second-order valence-corrected chi connectivity index (χ2v) is 6.62. The average molecular weight is 260 g/mol. The third kappa shape index (κ3) is 2.85. The number of nitrogens with one attached hydrogen (secondary N) is 1. The Morgan fingerprint density at radius 1 is 1.16 bits per heavy atom. The molecule has 2 rings (SSSR count). The van der Waals surface area contributed by atoms with E-state index in [0.717, 1.165) is 13.1 Å². The van der Waals surface area contributed by atoms with Crippen molar-refractivity contribution in [2.45, 2.75) is 52.2 Å². The summed E-state index contributed by atoms with van der Waals surface area (Å²) in [5.74, 6) is 0.682. The van der Waals surface area contributed by atoms with E-state index in [0.29, 0.717) is 18.0 Å². The summed E-state index contributed by atoms with van der Waals surface area (Å²) in [6.07, 6.45) is 0. The van der Waals surface area contributed by atoms with Crippen LogP contribution in [0.25, 0.3) is 0 Å². The molecule has 2 nitrogen and oxygen atoms in total. The maximum atomic E-state index is 3.75. The fraction of sp³-hybridized carbons (Fsp3) is 0.647. The SMILES string of the molecule is CC(C)C1CN(C(C)C)C(C)(c2ccccc2)CN1. The van der Waals surface area contributed by atoms with Gasteiger partial charge in [-0.1, -0.05) is 44.2 Å². The fourth-order valence-corrected chi connectivity index (χ4v) is 3.20. The summed E-state index contributed by atoms with van der Waals surface area (Å²) in [7, 11) is 0. The molecule has 0 aromatic heterocycles. The molecule has 0 bridgehead atoms. The molecule has 1 aliphatic heterocycles. The van der Waals surface area contributed by atoms with Crippen molar-refractivity contribution in [3.63, 3.8) is 0 Å². The Balaban J connectivity index is 2.29. The molecule has 2 unspecified atom stereocenters. The van der Waals surface area contributed by atoms with Crippen LogP contribution in [-0.4, -0.2) is 30.1 Å². The molecular weight excluding hydrogens is 232 g/mol. The van der Waals surface area contributed by atoms with Crippen LogP contribution in [0.3, 0.4) is 0 Å². The highest BCUT2D eigenvalue weighted by atomic mass is 15.3. The molecule has 1 fully saturated rings. The van der Waals surface area contributed by atoms with E-state index in [1.165, 1.54) is 5.56 Å². The lowest BCUT2D eigenvalue weighted by Crippen LogP contribution is -2.64. The van der Waals surface area contributed by atoms with E-state index in [2.05, 4.69) is 75.2 Å². The Morgan fingerprint density at radius 2 is 1.79 bits per heavy atom. The number of benzene rings is 1. The van der Waals surface area contributed by atoms with Crippen molar-refractivity contribution < 1.29 is 0 Å². The van der Waals surface area contributed by atoms with Gasteiger partial charge in [0.2, 0.25) is 0 Å². The summed E-state index contributed by atoms with van der Waals surface area (Å²) in [6.45, 7) is 13.8. The number of piperazine rings is 1. The molecule has 1 N–H and O–H groups in total. The number of nitrogens with zero attached hydrogens (tertiary/aromatic N) is 1. The van der Waals surface area contributed by atoms with Gasteiger partial charge in [0, 0.05) is 25.2 Å². The van der Waals surface area contributed by atoms with Crippen LogP contribution in [0.1, 0.15) is 40.2 Å². The van der Waals surface area contributed by atoms with Crippen LogP contribution < -0.4 is 5.32 Å². The maximum Gasteiger partial charge on any atom is 0.0560 e. The summed E-state index contributed by atoms with van der Waals surface area (Å²) >= 11 is 0. The molecule has 1 aromatic rings. The highest BCUT2D eigenvalue weighted by molar-refractivity contribution is 5.25. The van der Waals surface area contributed by atoms with Gasteiger partial charge in [-0.15, -0.1) is 0 Å². The van der Waals surface area contributed by atoms with Crippen molar-refractivity contribution in [2.24, 2.45) is 5.92 Å². The summed E-state index contributed by atoms with van der Waals surface area (Å²) in [5, 5.41) is 3.75. The van der Waals surface area contributed by atoms with Crippen molar-refractivity contribution in [2.75, 3.05) is 13.1 Å². The van der Waals surface area contributed by atoms with Gasteiger partial charge in [0.05, 0.1) is 5.54 Å². The van der Waals surface area contributed by atoms with Crippen LogP contribution in [0.4, 0.5) is 0 Å². The third-order valence-electron chi connectivity index (χ3n) is 4.56. The largest absolute Gasteiger partial charge is 0.310 e. The molecule has 1 saturated heterocycles. The van der Waals surface area contributed by atoms with Crippen molar-refractivity contribution >= 4 is 0 Å². The first-order valence-corrected chi connectivity index (χ1v) is 7.51. The summed E-state index contributed by atoms with van der Waals surface area (Å²) in [4.78, 5) is 2.66. The lowest BCUT2D eigenvalue weighted by atomic mass is 9.84. The Morgan fingerprint density at radius 3 is 2.32 bits per heavy atom. The Kier molecular flexibility index (Phi) is 4.32. The minimum absolute atomic E-state index is 0.0980. The van der Waals surface area contributed by atoms with Gasteiger partial charge in [0.25, 0.3) is 0 Å². The second kappa shape index (κ2) is 5.64. The quantitative estimate of drug-likeness (QED) is 0.897. The molecule has 0 saturated carbocycles. The normalized spacial score (nSPS) is 29.1. The van der Waals surface area contributed by atoms with Crippen LogP contribution in [0.5, 0.6) is 0 Å². The first-order valence-electron chi connectivity index (χ1n) is 7.51. The predicted molar refractivity (Wildman–Crippen MR) is 82.3 cm³/mol. The number of hydrogen-bond acceptors (Lipinski definition) is 2. The van der Waals surface area contributed by atoms with E-state index in [4.69, 9.17) is 0 Å². The van der Waals surface area contributed by atoms with E-state index >= 15 is 0 Å².